The van der Waals surface area contributed by atoms with Crippen molar-refractivity contribution in [2.24, 2.45) is 5.92 Å². The molecule has 1 aliphatic carbocycles. The highest BCUT2D eigenvalue weighted by atomic mass is 14.9. The maximum Gasteiger partial charge on any atom is 0.0322 e. The van der Waals surface area contributed by atoms with Gasteiger partial charge in [-0.05, 0) is 61.3 Å². The molecule has 1 saturated heterocycles. The molecule has 0 bridgehead atoms. The van der Waals surface area contributed by atoms with Crippen LogP contribution in [0.15, 0.2) is 18.2 Å². The van der Waals surface area contributed by atoms with E-state index < -0.39 is 0 Å². The largest absolute Gasteiger partial charge is 0.310 e. The lowest BCUT2D eigenvalue weighted by Gasteiger charge is -2.30. The van der Waals surface area contributed by atoms with E-state index in [1.165, 1.54) is 50.6 Å². The van der Waals surface area contributed by atoms with E-state index in [0.29, 0.717) is 6.04 Å². The van der Waals surface area contributed by atoms with E-state index in [1.807, 2.05) is 0 Å². The maximum atomic E-state index is 3.69. The molecule has 3 rings (SSSR count). The molecule has 2 unspecified atom stereocenters. The molecule has 1 aromatic rings. The zero-order chi connectivity index (χ0) is 11.7. The summed E-state index contributed by atoms with van der Waals surface area (Å²) < 4.78 is 0. The van der Waals surface area contributed by atoms with E-state index in [9.17, 15) is 0 Å². The normalized spacial score (nSPS) is 28.1. The summed E-state index contributed by atoms with van der Waals surface area (Å²) in [6.07, 6.45) is 7.98. The average molecular weight is 229 g/mol. The first kappa shape index (κ1) is 11.3. The fourth-order valence-corrected chi connectivity index (χ4v) is 3.43. The molecule has 17 heavy (non-hydrogen) atoms. The van der Waals surface area contributed by atoms with Crippen LogP contribution in [0.3, 0.4) is 0 Å². The van der Waals surface area contributed by atoms with E-state index in [2.05, 4.69) is 30.4 Å². The van der Waals surface area contributed by atoms with Gasteiger partial charge in [-0.25, -0.2) is 0 Å². The van der Waals surface area contributed by atoms with Crippen molar-refractivity contribution < 1.29 is 0 Å². The number of nitrogens with one attached hydrogen (secondary N) is 1. The molecule has 0 radical (unpaired) electrons. The second kappa shape index (κ2) is 4.81. The SMILES string of the molecule is CCC1CCNC(c2ccc3c(c2)CCC3)C1. The van der Waals surface area contributed by atoms with Crippen LogP contribution in [-0.4, -0.2) is 6.54 Å². The van der Waals surface area contributed by atoms with Gasteiger partial charge >= 0.3 is 0 Å². The van der Waals surface area contributed by atoms with Crippen LogP contribution in [-0.2, 0) is 12.8 Å². The lowest BCUT2D eigenvalue weighted by Crippen LogP contribution is -2.31. The fourth-order valence-electron chi connectivity index (χ4n) is 3.43. The second-order valence-electron chi connectivity index (χ2n) is 5.69. The average Bonchev–Trinajstić information content (AvgIpc) is 2.86. The number of benzene rings is 1. The summed E-state index contributed by atoms with van der Waals surface area (Å²) in [6, 6.07) is 7.81. The van der Waals surface area contributed by atoms with Gasteiger partial charge in [-0.1, -0.05) is 31.5 Å². The van der Waals surface area contributed by atoms with Crippen LogP contribution >= 0.6 is 0 Å². The standard InChI is InChI=1S/C16H23N/c1-2-12-8-9-17-16(10-12)15-7-6-13-4-3-5-14(13)11-15/h6-7,11-12,16-17H,2-5,8-10H2,1H3. The van der Waals surface area contributed by atoms with Gasteiger partial charge in [-0.3, -0.25) is 0 Å². The van der Waals surface area contributed by atoms with Crippen molar-refractivity contribution in [1.82, 2.24) is 5.32 Å². The van der Waals surface area contributed by atoms with E-state index in [0.717, 1.165) is 5.92 Å². The molecular formula is C16H23N. The predicted octanol–water partition coefficient (Wildman–Crippen LogP) is 3.63. The topological polar surface area (TPSA) is 12.0 Å². The van der Waals surface area contributed by atoms with Crippen LogP contribution in [0.2, 0.25) is 0 Å². The number of fused-ring (bicyclic) bond motifs is 1. The number of aryl methyl sites for hydroxylation is 2. The Balaban J connectivity index is 1.79. The Morgan fingerprint density at radius 2 is 2.12 bits per heavy atom. The third-order valence-corrected chi connectivity index (χ3v) is 4.61. The molecule has 0 aromatic heterocycles. The van der Waals surface area contributed by atoms with Gasteiger partial charge in [-0.2, -0.15) is 0 Å². The van der Waals surface area contributed by atoms with Crippen LogP contribution < -0.4 is 5.32 Å². The predicted molar refractivity (Wildman–Crippen MR) is 72.2 cm³/mol. The van der Waals surface area contributed by atoms with Crippen molar-refractivity contribution in [3.8, 4) is 0 Å². The first-order valence-corrected chi connectivity index (χ1v) is 7.22. The van der Waals surface area contributed by atoms with E-state index in [1.54, 1.807) is 11.1 Å². The number of hydrogen-bond acceptors (Lipinski definition) is 1. The highest BCUT2D eigenvalue weighted by molar-refractivity contribution is 5.36. The molecule has 0 amide bonds. The van der Waals surface area contributed by atoms with E-state index >= 15 is 0 Å². The third-order valence-electron chi connectivity index (χ3n) is 4.61. The fraction of sp³-hybridized carbons (Fsp3) is 0.625. The molecule has 0 saturated carbocycles. The monoisotopic (exact) mass is 229 g/mol. The van der Waals surface area contributed by atoms with Gasteiger partial charge in [0, 0.05) is 6.04 Å². The number of hydrogen-bond donors (Lipinski definition) is 1. The zero-order valence-corrected chi connectivity index (χ0v) is 10.8. The molecular weight excluding hydrogens is 206 g/mol. The van der Waals surface area contributed by atoms with Gasteiger partial charge in [0.1, 0.15) is 0 Å². The van der Waals surface area contributed by atoms with Gasteiger partial charge in [-0.15, -0.1) is 0 Å². The van der Waals surface area contributed by atoms with Crippen LogP contribution in [0.5, 0.6) is 0 Å². The molecule has 1 heteroatoms. The van der Waals surface area contributed by atoms with Crippen LogP contribution in [0, 0.1) is 5.92 Å². The van der Waals surface area contributed by atoms with Gasteiger partial charge < -0.3 is 5.32 Å². The maximum absolute atomic E-state index is 3.69. The molecule has 2 atom stereocenters. The molecule has 1 aliphatic heterocycles. The van der Waals surface area contributed by atoms with Crippen LogP contribution in [0.25, 0.3) is 0 Å². The molecule has 1 aromatic carbocycles. The lowest BCUT2D eigenvalue weighted by molar-refractivity contribution is 0.299. The molecule has 1 nitrogen and oxygen atoms in total. The number of rotatable bonds is 2. The first-order chi connectivity index (χ1) is 8.36. The Morgan fingerprint density at radius 3 is 3.00 bits per heavy atom. The lowest BCUT2D eigenvalue weighted by atomic mass is 9.86. The second-order valence-corrected chi connectivity index (χ2v) is 5.69. The van der Waals surface area contributed by atoms with E-state index in [4.69, 9.17) is 0 Å². The Bertz CT molecular complexity index is 397. The summed E-state index contributed by atoms with van der Waals surface area (Å²) in [7, 11) is 0. The minimum atomic E-state index is 0.611. The minimum Gasteiger partial charge on any atom is -0.310 e. The van der Waals surface area contributed by atoms with Crippen molar-refractivity contribution >= 4 is 0 Å². The summed E-state index contributed by atoms with van der Waals surface area (Å²) in [4.78, 5) is 0. The smallest absolute Gasteiger partial charge is 0.0322 e. The van der Waals surface area contributed by atoms with Gasteiger partial charge in [0.25, 0.3) is 0 Å². The van der Waals surface area contributed by atoms with Gasteiger partial charge in [0.2, 0.25) is 0 Å². The van der Waals surface area contributed by atoms with Crippen molar-refractivity contribution in [2.75, 3.05) is 6.54 Å². The van der Waals surface area contributed by atoms with Crippen molar-refractivity contribution in [1.29, 1.82) is 0 Å². The Kier molecular flexibility index (Phi) is 3.19. The van der Waals surface area contributed by atoms with Crippen molar-refractivity contribution in [3.05, 3.63) is 34.9 Å². The van der Waals surface area contributed by atoms with Gasteiger partial charge in [0.05, 0.1) is 0 Å². The molecule has 1 heterocycles. The quantitative estimate of drug-likeness (QED) is 0.816. The summed E-state index contributed by atoms with van der Waals surface area (Å²) in [5.41, 5.74) is 4.74. The summed E-state index contributed by atoms with van der Waals surface area (Å²) >= 11 is 0. The Morgan fingerprint density at radius 1 is 1.24 bits per heavy atom. The Hall–Kier alpha value is -0.820. The molecule has 0 spiro atoms. The Labute approximate surface area is 105 Å². The summed E-state index contributed by atoms with van der Waals surface area (Å²) in [5, 5.41) is 3.69. The molecule has 2 aliphatic rings. The van der Waals surface area contributed by atoms with Crippen LogP contribution in [0.4, 0.5) is 0 Å². The van der Waals surface area contributed by atoms with Crippen LogP contribution in [0.1, 0.15) is 55.3 Å². The summed E-state index contributed by atoms with van der Waals surface area (Å²) in [6.45, 7) is 3.52. The summed E-state index contributed by atoms with van der Waals surface area (Å²) in [5.74, 6) is 0.925. The first-order valence-electron chi connectivity index (χ1n) is 7.22. The van der Waals surface area contributed by atoms with Gasteiger partial charge in [0.15, 0.2) is 0 Å². The highest BCUT2D eigenvalue weighted by Crippen LogP contribution is 2.31. The zero-order valence-electron chi connectivity index (χ0n) is 10.8. The van der Waals surface area contributed by atoms with Crippen molar-refractivity contribution in [3.63, 3.8) is 0 Å². The molecule has 1 fully saturated rings. The number of piperidine rings is 1. The molecule has 92 valence electrons. The van der Waals surface area contributed by atoms with E-state index in [-0.39, 0.29) is 0 Å². The highest BCUT2D eigenvalue weighted by Gasteiger charge is 2.22. The minimum absolute atomic E-state index is 0.611. The third kappa shape index (κ3) is 2.26. The van der Waals surface area contributed by atoms with Crippen molar-refractivity contribution in [2.45, 2.75) is 51.5 Å². The molecule has 1 N–H and O–H groups in total.